The number of halogens is 2. The van der Waals surface area contributed by atoms with E-state index < -0.39 is 29.6 Å². The Hall–Kier alpha value is -3.13. The Morgan fingerprint density at radius 2 is 1.89 bits per heavy atom. The Morgan fingerprint density at radius 1 is 1.14 bits per heavy atom. The molecule has 2 aromatic carbocycles. The van der Waals surface area contributed by atoms with Crippen molar-refractivity contribution in [3.63, 3.8) is 0 Å². The molecule has 0 aliphatic carbocycles. The van der Waals surface area contributed by atoms with Crippen molar-refractivity contribution in [2.75, 3.05) is 5.32 Å². The number of rotatable bonds is 6. The second kappa shape index (κ2) is 8.71. The summed E-state index contributed by atoms with van der Waals surface area (Å²) in [6.45, 7) is 1.46. The van der Waals surface area contributed by atoms with Crippen molar-refractivity contribution in [3.8, 4) is 11.3 Å². The molecule has 1 N–H and O–H groups in total. The Balaban J connectivity index is 1.57. The minimum atomic E-state index is -1.01. The number of thiazole rings is 1. The summed E-state index contributed by atoms with van der Waals surface area (Å²) in [5, 5.41) is 4.42. The highest BCUT2D eigenvalue weighted by molar-refractivity contribution is 7.14. The Labute approximate surface area is 164 Å². The van der Waals surface area contributed by atoms with Crippen LogP contribution in [0.1, 0.15) is 12.5 Å². The first-order valence-electron chi connectivity index (χ1n) is 8.37. The van der Waals surface area contributed by atoms with Gasteiger partial charge in [-0.25, -0.2) is 13.8 Å². The lowest BCUT2D eigenvalue weighted by Crippen LogP contribution is -2.30. The van der Waals surface area contributed by atoms with Gasteiger partial charge in [0, 0.05) is 10.9 Å². The highest BCUT2D eigenvalue weighted by Gasteiger charge is 2.19. The molecule has 1 amide bonds. The number of anilines is 1. The monoisotopic (exact) mass is 402 g/mol. The van der Waals surface area contributed by atoms with Gasteiger partial charge in [0.1, 0.15) is 0 Å². The van der Waals surface area contributed by atoms with Crippen molar-refractivity contribution in [2.24, 2.45) is 0 Å². The largest absolute Gasteiger partial charge is 0.452 e. The first kappa shape index (κ1) is 19.6. The molecule has 0 fully saturated rings. The number of esters is 1. The van der Waals surface area contributed by atoms with E-state index in [9.17, 15) is 18.4 Å². The zero-order chi connectivity index (χ0) is 20.1. The highest BCUT2D eigenvalue weighted by Crippen LogP contribution is 2.26. The average Bonchev–Trinajstić information content (AvgIpc) is 3.13. The molecule has 1 aromatic heterocycles. The lowest BCUT2D eigenvalue weighted by Gasteiger charge is -2.12. The lowest BCUT2D eigenvalue weighted by molar-refractivity contribution is -0.152. The van der Waals surface area contributed by atoms with Gasteiger partial charge in [-0.3, -0.25) is 14.9 Å². The molecule has 3 aromatic rings. The molecular weight excluding hydrogens is 386 g/mol. The van der Waals surface area contributed by atoms with Crippen molar-refractivity contribution in [1.29, 1.82) is 0 Å². The Bertz CT molecular complexity index is 992. The van der Waals surface area contributed by atoms with Crippen LogP contribution in [0.15, 0.2) is 53.9 Å². The fourth-order valence-electron chi connectivity index (χ4n) is 2.38. The fraction of sp³-hybridized carbons (Fsp3) is 0.150. The second-order valence-corrected chi connectivity index (χ2v) is 6.81. The maximum atomic E-state index is 13.3. The Kier molecular flexibility index (Phi) is 6.10. The van der Waals surface area contributed by atoms with Crippen LogP contribution in [0.3, 0.4) is 0 Å². The predicted molar refractivity (Wildman–Crippen MR) is 102 cm³/mol. The molecule has 0 bridgehead atoms. The Morgan fingerprint density at radius 3 is 2.61 bits per heavy atom. The van der Waals surface area contributed by atoms with E-state index in [1.807, 2.05) is 18.2 Å². The van der Waals surface area contributed by atoms with Crippen molar-refractivity contribution < 1.29 is 23.1 Å². The van der Waals surface area contributed by atoms with Gasteiger partial charge in [0.15, 0.2) is 22.9 Å². The van der Waals surface area contributed by atoms with E-state index in [1.54, 1.807) is 17.5 Å². The molecule has 1 heterocycles. The number of nitrogens with zero attached hydrogens (tertiary/aromatic N) is 1. The molecule has 3 rings (SSSR count). The fourth-order valence-corrected chi connectivity index (χ4v) is 3.10. The summed E-state index contributed by atoms with van der Waals surface area (Å²) in [7, 11) is 0. The number of benzene rings is 2. The summed E-state index contributed by atoms with van der Waals surface area (Å²) in [6, 6.07) is 12.5. The van der Waals surface area contributed by atoms with E-state index in [0.717, 1.165) is 29.0 Å². The quantitative estimate of drug-likeness (QED) is 0.628. The van der Waals surface area contributed by atoms with Crippen molar-refractivity contribution >= 4 is 28.3 Å². The summed E-state index contributed by atoms with van der Waals surface area (Å²) < 4.78 is 31.5. The molecule has 0 saturated heterocycles. The van der Waals surface area contributed by atoms with Crippen molar-refractivity contribution in [2.45, 2.75) is 19.4 Å². The average molecular weight is 402 g/mol. The van der Waals surface area contributed by atoms with Gasteiger partial charge in [-0.2, -0.15) is 0 Å². The summed E-state index contributed by atoms with van der Waals surface area (Å²) >= 11 is 1.12. The van der Waals surface area contributed by atoms with Gasteiger partial charge in [0.2, 0.25) is 0 Å². The van der Waals surface area contributed by atoms with Crippen LogP contribution in [0.25, 0.3) is 11.3 Å². The van der Waals surface area contributed by atoms with E-state index in [-0.39, 0.29) is 11.6 Å². The second-order valence-electron chi connectivity index (χ2n) is 5.95. The van der Waals surface area contributed by atoms with Crippen LogP contribution >= 0.6 is 11.3 Å². The third kappa shape index (κ3) is 4.98. The van der Waals surface area contributed by atoms with E-state index in [2.05, 4.69) is 10.3 Å². The van der Waals surface area contributed by atoms with Gasteiger partial charge in [-0.15, -0.1) is 11.3 Å². The molecule has 0 saturated carbocycles. The van der Waals surface area contributed by atoms with Crippen LogP contribution < -0.4 is 5.32 Å². The number of hydrogen-bond donors (Lipinski definition) is 1. The first-order chi connectivity index (χ1) is 13.4. The van der Waals surface area contributed by atoms with E-state index in [1.165, 1.54) is 13.0 Å². The minimum Gasteiger partial charge on any atom is -0.452 e. The van der Waals surface area contributed by atoms with Crippen molar-refractivity contribution in [3.05, 3.63) is 71.1 Å². The van der Waals surface area contributed by atoms with Gasteiger partial charge in [-0.05, 0) is 30.7 Å². The number of amides is 1. The number of ether oxygens (including phenoxy) is 1. The van der Waals surface area contributed by atoms with E-state index >= 15 is 0 Å². The van der Waals surface area contributed by atoms with Crippen LogP contribution in [0.4, 0.5) is 13.9 Å². The number of aromatic nitrogens is 1. The number of hydrogen-bond acceptors (Lipinski definition) is 5. The van der Waals surface area contributed by atoms with Gasteiger partial charge in [0.05, 0.1) is 12.1 Å². The minimum absolute atomic E-state index is 0.0655. The van der Waals surface area contributed by atoms with Crippen LogP contribution in [0, 0.1) is 11.6 Å². The molecule has 0 aliphatic rings. The first-order valence-corrected chi connectivity index (χ1v) is 9.25. The van der Waals surface area contributed by atoms with E-state index in [0.29, 0.717) is 11.3 Å². The molecule has 1 atom stereocenters. The predicted octanol–water partition coefficient (Wildman–Crippen LogP) is 4.20. The molecule has 28 heavy (non-hydrogen) atoms. The van der Waals surface area contributed by atoms with Gasteiger partial charge in [0.25, 0.3) is 5.91 Å². The summed E-state index contributed by atoms with van der Waals surface area (Å²) in [6.07, 6.45) is -0.942. The topological polar surface area (TPSA) is 68.3 Å². The molecule has 0 unspecified atom stereocenters. The molecule has 8 heteroatoms. The van der Waals surface area contributed by atoms with Gasteiger partial charge in [-0.1, -0.05) is 30.3 Å². The number of carbonyl (C=O) groups excluding carboxylic acids is 2. The summed E-state index contributed by atoms with van der Waals surface area (Å²) in [5.74, 6) is -2.98. The lowest BCUT2D eigenvalue weighted by atomic mass is 10.1. The van der Waals surface area contributed by atoms with Crippen LogP contribution in [0.2, 0.25) is 0 Å². The molecule has 5 nitrogen and oxygen atoms in total. The van der Waals surface area contributed by atoms with Crippen molar-refractivity contribution in [1.82, 2.24) is 4.98 Å². The van der Waals surface area contributed by atoms with Gasteiger partial charge < -0.3 is 4.74 Å². The molecule has 0 radical (unpaired) electrons. The maximum Gasteiger partial charge on any atom is 0.311 e. The molecule has 144 valence electrons. The van der Waals surface area contributed by atoms with Crippen LogP contribution in [-0.2, 0) is 20.7 Å². The van der Waals surface area contributed by atoms with Crippen LogP contribution in [-0.4, -0.2) is 23.0 Å². The zero-order valence-corrected chi connectivity index (χ0v) is 15.6. The van der Waals surface area contributed by atoms with Crippen LogP contribution in [0.5, 0.6) is 0 Å². The highest BCUT2D eigenvalue weighted by atomic mass is 32.1. The summed E-state index contributed by atoms with van der Waals surface area (Å²) in [5.41, 5.74) is 1.57. The third-order valence-electron chi connectivity index (χ3n) is 3.82. The standard InChI is InChI=1S/C20H16F2N2O3S/c1-12(27-18(25)9-13-5-3-2-4-6-13)19(26)24-20-23-17(11-28-20)14-7-8-15(21)16(22)10-14/h2-8,10-12H,9H2,1H3,(H,23,24,26)/t12-/m1/s1. The zero-order valence-electron chi connectivity index (χ0n) is 14.8. The molecular formula is C20H16F2N2O3S. The summed E-state index contributed by atoms with van der Waals surface area (Å²) in [4.78, 5) is 28.3. The third-order valence-corrected chi connectivity index (χ3v) is 4.58. The SMILES string of the molecule is C[C@@H](OC(=O)Cc1ccccc1)C(=O)Nc1nc(-c2ccc(F)c(F)c2)cs1. The molecule has 0 aliphatic heterocycles. The smallest absolute Gasteiger partial charge is 0.311 e. The molecule has 0 spiro atoms. The maximum absolute atomic E-state index is 13.3. The normalized spacial score (nSPS) is 11.7. The number of nitrogens with one attached hydrogen (secondary N) is 1. The number of carbonyl (C=O) groups is 2. The van der Waals surface area contributed by atoms with Gasteiger partial charge >= 0.3 is 5.97 Å². The van der Waals surface area contributed by atoms with E-state index in [4.69, 9.17) is 4.74 Å².